The van der Waals surface area contributed by atoms with Crippen LogP contribution < -0.4 is 4.72 Å². The fourth-order valence-corrected chi connectivity index (χ4v) is 0.501. The summed E-state index contributed by atoms with van der Waals surface area (Å²) in [4.78, 5) is 10.2. The second-order valence-electron chi connectivity index (χ2n) is 1.41. The van der Waals surface area contributed by atoms with Gasteiger partial charge in [-0.15, -0.1) is 0 Å². The molecule has 0 unspecified atom stereocenters. The number of allylic oxidation sites excluding steroid dienone is 1. The number of halogens is 1. The van der Waals surface area contributed by atoms with Crippen LogP contribution >= 0.6 is 0 Å². The summed E-state index contributed by atoms with van der Waals surface area (Å²) < 4.78 is 36.0. The first kappa shape index (κ1) is 9.89. The normalized spacial score (nSPS) is 11.5. The Morgan fingerprint density at radius 2 is 2.18 bits per heavy atom. The molecule has 0 fully saturated rings. The van der Waals surface area contributed by atoms with E-state index in [4.69, 9.17) is 0 Å². The van der Waals surface area contributed by atoms with E-state index in [0.29, 0.717) is 0 Å². The van der Waals surface area contributed by atoms with Crippen LogP contribution in [0.5, 0.6) is 0 Å². The molecule has 0 saturated carbocycles. The summed E-state index contributed by atoms with van der Waals surface area (Å²) in [5.41, 5.74) is 0. The highest BCUT2D eigenvalue weighted by molar-refractivity contribution is 7.84. The third kappa shape index (κ3) is 6.78. The van der Waals surface area contributed by atoms with Crippen molar-refractivity contribution in [1.82, 2.24) is 4.72 Å². The largest absolute Gasteiger partial charge is 0.427 e. The molecule has 0 aliphatic heterocycles. The van der Waals surface area contributed by atoms with Crippen molar-refractivity contribution in [3.63, 3.8) is 0 Å². The molecule has 0 atom stereocenters. The second-order valence-corrected chi connectivity index (χ2v) is 2.49. The summed E-state index contributed by atoms with van der Waals surface area (Å²) in [5.74, 6) is 0. The quantitative estimate of drug-likeness (QED) is 0.498. The minimum Gasteiger partial charge on any atom is -0.418 e. The Kier molecular flexibility index (Phi) is 3.52. The van der Waals surface area contributed by atoms with Crippen LogP contribution in [0.2, 0.25) is 0 Å². The zero-order chi connectivity index (χ0) is 8.91. The van der Waals surface area contributed by atoms with E-state index in [9.17, 15) is 17.1 Å². The van der Waals surface area contributed by atoms with Crippen molar-refractivity contribution >= 4 is 16.5 Å². The van der Waals surface area contributed by atoms with Gasteiger partial charge in [-0.05, 0) is 6.92 Å². The van der Waals surface area contributed by atoms with Crippen molar-refractivity contribution in [3.05, 3.63) is 12.3 Å². The van der Waals surface area contributed by atoms with Crippen LogP contribution in [0.15, 0.2) is 12.3 Å². The van der Waals surface area contributed by atoms with Gasteiger partial charge >= 0.3 is 16.5 Å². The molecule has 64 valence electrons. The van der Waals surface area contributed by atoms with Crippen LogP contribution in [0.1, 0.15) is 6.92 Å². The Balaban J connectivity index is 3.90. The Hall–Kier alpha value is -1.11. The maximum Gasteiger partial charge on any atom is 0.427 e. The highest BCUT2D eigenvalue weighted by Gasteiger charge is 2.11. The number of amides is 1. The van der Waals surface area contributed by atoms with Gasteiger partial charge in [-0.1, -0.05) is 9.96 Å². The third-order valence-corrected chi connectivity index (χ3v) is 0.927. The molecule has 0 aliphatic rings. The number of nitrogens with one attached hydrogen (secondary N) is 1. The van der Waals surface area contributed by atoms with Gasteiger partial charge in [0.05, 0.1) is 6.26 Å². The van der Waals surface area contributed by atoms with Crippen LogP contribution in [0, 0.1) is 0 Å². The molecule has 0 aromatic heterocycles. The fraction of sp³-hybridized carbons (Fsp3) is 0.250. The molecule has 0 radical (unpaired) electrons. The zero-order valence-corrected chi connectivity index (χ0v) is 6.39. The van der Waals surface area contributed by atoms with Crippen LogP contribution in [0.25, 0.3) is 0 Å². The summed E-state index contributed by atoms with van der Waals surface area (Å²) in [6.45, 7) is 1.54. The SMILES string of the molecule is C/C=C/OC(=O)NS(=O)(=O)F. The summed E-state index contributed by atoms with van der Waals surface area (Å²) in [5, 5.41) is 0. The lowest BCUT2D eigenvalue weighted by Crippen LogP contribution is -2.26. The Morgan fingerprint density at radius 1 is 1.64 bits per heavy atom. The lowest BCUT2D eigenvalue weighted by molar-refractivity contribution is 0.191. The summed E-state index contributed by atoms with van der Waals surface area (Å²) >= 11 is 0. The van der Waals surface area contributed by atoms with E-state index in [0.717, 1.165) is 11.0 Å². The maximum absolute atomic E-state index is 11.6. The number of carbonyl (C=O) groups excluding carboxylic acids is 1. The van der Waals surface area contributed by atoms with Gasteiger partial charge in [0, 0.05) is 0 Å². The maximum atomic E-state index is 11.6. The van der Waals surface area contributed by atoms with E-state index in [-0.39, 0.29) is 0 Å². The lowest BCUT2D eigenvalue weighted by Gasteiger charge is -1.95. The number of ether oxygens (including phenoxy) is 1. The van der Waals surface area contributed by atoms with Gasteiger partial charge in [0.2, 0.25) is 0 Å². The van der Waals surface area contributed by atoms with E-state index < -0.39 is 16.5 Å². The van der Waals surface area contributed by atoms with E-state index >= 15 is 0 Å². The number of rotatable bonds is 2. The molecule has 0 aromatic carbocycles. The topological polar surface area (TPSA) is 72.5 Å². The highest BCUT2D eigenvalue weighted by atomic mass is 32.3. The first-order valence-electron chi connectivity index (χ1n) is 2.50. The van der Waals surface area contributed by atoms with Gasteiger partial charge in [0.1, 0.15) is 0 Å². The summed E-state index contributed by atoms with van der Waals surface area (Å²) in [6.07, 6.45) is 0.871. The Bertz CT molecular complexity index is 257. The van der Waals surface area contributed by atoms with E-state index in [1.54, 1.807) is 0 Å². The molecular weight excluding hydrogens is 177 g/mol. The predicted molar refractivity (Wildman–Crippen MR) is 34.5 cm³/mol. The van der Waals surface area contributed by atoms with Crippen LogP contribution in [0.3, 0.4) is 0 Å². The molecule has 11 heavy (non-hydrogen) atoms. The summed E-state index contributed by atoms with van der Waals surface area (Å²) in [6, 6.07) is 0. The Labute approximate surface area is 63.2 Å². The monoisotopic (exact) mass is 183 g/mol. The minimum absolute atomic E-state index is 0.917. The zero-order valence-electron chi connectivity index (χ0n) is 5.57. The molecule has 0 aromatic rings. The molecule has 5 nitrogen and oxygen atoms in total. The van der Waals surface area contributed by atoms with Crippen LogP contribution in [-0.4, -0.2) is 14.5 Å². The molecule has 1 N–H and O–H groups in total. The van der Waals surface area contributed by atoms with Gasteiger partial charge in [-0.2, -0.15) is 13.1 Å². The number of hydrogen-bond donors (Lipinski definition) is 1. The molecule has 0 saturated heterocycles. The fourth-order valence-electron chi connectivity index (χ4n) is 0.253. The van der Waals surface area contributed by atoms with Crippen molar-refractivity contribution in [2.75, 3.05) is 0 Å². The molecule has 0 spiro atoms. The smallest absolute Gasteiger partial charge is 0.418 e. The average Bonchev–Trinajstić information content (AvgIpc) is 1.79. The molecule has 0 heterocycles. The van der Waals surface area contributed by atoms with E-state index in [1.807, 2.05) is 0 Å². The van der Waals surface area contributed by atoms with Gasteiger partial charge < -0.3 is 4.74 Å². The van der Waals surface area contributed by atoms with E-state index in [1.165, 1.54) is 13.0 Å². The molecule has 0 aliphatic carbocycles. The van der Waals surface area contributed by atoms with Crippen molar-refractivity contribution in [2.24, 2.45) is 0 Å². The van der Waals surface area contributed by atoms with Gasteiger partial charge in [-0.3, -0.25) is 0 Å². The second kappa shape index (κ2) is 3.91. The average molecular weight is 183 g/mol. The minimum atomic E-state index is -5.01. The van der Waals surface area contributed by atoms with Crippen LogP contribution in [-0.2, 0) is 15.1 Å². The van der Waals surface area contributed by atoms with Crippen molar-refractivity contribution in [3.8, 4) is 0 Å². The van der Waals surface area contributed by atoms with Crippen molar-refractivity contribution < 1.29 is 21.8 Å². The first-order chi connectivity index (χ1) is 4.95. The predicted octanol–water partition coefficient (Wildman–Crippen LogP) is 0.461. The molecule has 1 amide bonds. The van der Waals surface area contributed by atoms with Crippen molar-refractivity contribution in [1.29, 1.82) is 0 Å². The Morgan fingerprint density at radius 3 is 2.55 bits per heavy atom. The molecule has 0 bridgehead atoms. The van der Waals surface area contributed by atoms with Gasteiger partial charge in [-0.25, -0.2) is 4.79 Å². The van der Waals surface area contributed by atoms with Crippen LogP contribution in [0.4, 0.5) is 8.68 Å². The van der Waals surface area contributed by atoms with Gasteiger partial charge in [0.15, 0.2) is 0 Å². The number of hydrogen-bond acceptors (Lipinski definition) is 4. The van der Waals surface area contributed by atoms with Gasteiger partial charge in [0.25, 0.3) is 0 Å². The summed E-state index contributed by atoms with van der Waals surface area (Å²) in [7, 11) is -5.01. The third-order valence-electron chi connectivity index (χ3n) is 0.516. The standard InChI is InChI=1S/C4H6FNO4S/c1-2-3-10-4(7)6-11(5,8)9/h2-3H,1H3,(H,6,7)/b3-2+. The number of carbonyl (C=O) groups is 1. The molecular formula is C4H6FNO4S. The lowest BCUT2D eigenvalue weighted by atomic mass is 10.7. The highest BCUT2D eigenvalue weighted by Crippen LogP contribution is 1.86. The molecule has 7 heteroatoms. The van der Waals surface area contributed by atoms with E-state index in [2.05, 4.69) is 4.74 Å². The first-order valence-corrected chi connectivity index (χ1v) is 3.88. The van der Waals surface area contributed by atoms with Crippen molar-refractivity contribution in [2.45, 2.75) is 6.92 Å². The molecule has 0 rings (SSSR count).